The molecule has 0 aromatic heterocycles. The maximum Gasteiger partial charge on any atom is 0.310 e. The zero-order chi connectivity index (χ0) is 32.2. The van der Waals surface area contributed by atoms with Crippen LogP contribution in [0.4, 0.5) is 0 Å². The van der Waals surface area contributed by atoms with Gasteiger partial charge in [-0.1, -0.05) is 206 Å². The van der Waals surface area contributed by atoms with Gasteiger partial charge in [0.05, 0.1) is 5.92 Å². The number of carbonyl (C=O) groups is 2. The summed E-state index contributed by atoms with van der Waals surface area (Å²) < 4.78 is 0. The van der Waals surface area contributed by atoms with Crippen molar-refractivity contribution in [1.82, 2.24) is 5.32 Å². The lowest BCUT2D eigenvalue weighted by atomic mass is 10.0. The van der Waals surface area contributed by atoms with E-state index in [1.54, 1.807) is 6.08 Å². The van der Waals surface area contributed by atoms with E-state index in [0.29, 0.717) is 6.54 Å². The van der Waals surface area contributed by atoms with E-state index in [2.05, 4.69) is 19.2 Å². The quantitative estimate of drug-likeness (QED) is 0.0541. The molecule has 0 saturated carbocycles. The summed E-state index contributed by atoms with van der Waals surface area (Å²) in [5, 5.41) is 12.5. The van der Waals surface area contributed by atoms with Gasteiger partial charge in [0, 0.05) is 13.0 Å². The minimum absolute atomic E-state index is 0.0451. The molecule has 0 aliphatic rings. The second-order valence-electron chi connectivity index (χ2n) is 13.6. The third kappa shape index (κ3) is 33.6. The molecule has 0 bridgehead atoms. The zero-order valence-electron chi connectivity index (χ0n) is 29.8. The summed E-state index contributed by atoms with van der Waals surface area (Å²) >= 11 is 0. The number of aliphatic carboxylic acids is 1. The number of nitrogens with one attached hydrogen (secondary N) is 1. The van der Waals surface area contributed by atoms with E-state index >= 15 is 0 Å². The molecule has 0 heterocycles. The molecule has 4 heteroatoms. The van der Waals surface area contributed by atoms with Gasteiger partial charge < -0.3 is 10.4 Å². The predicted molar refractivity (Wildman–Crippen MR) is 192 cm³/mol. The van der Waals surface area contributed by atoms with Crippen LogP contribution in [0.15, 0.2) is 12.2 Å². The van der Waals surface area contributed by atoms with Gasteiger partial charge in [-0.3, -0.25) is 9.59 Å². The molecule has 0 spiro atoms. The van der Waals surface area contributed by atoms with Crippen molar-refractivity contribution in [2.45, 2.75) is 219 Å². The van der Waals surface area contributed by atoms with Gasteiger partial charge in [0.2, 0.25) is 5.91 Å². The van der Waals surface area contributed by atoms with Gasteiger partial charge in [-0.05, 0) is 19.3 Å². The van der Waals surface area contributed by atoms with Crippen molar-refractivity contribution in [3.8, 4) is 0 Å². The van der Waals surface area contributed by atoms with Crippen molar-refractivity contribution < 1.29 is 14.7 Å². The zero-order valence-corrected chi connectivity index (χ0v) is 29.8. The third-order valence-corrected chi connectivity index (χ3v) is 9.17. The predicted octanol–water partition coefficient (Wildman–Crippen LogP) is 12.9. The van der Waals surface area contributed by atoms with E-state index in [4.69, 9.17) is 0 Å². The summed E-state index contributed by atoms with van der Waals surface area (Å²) in [4.78, 5) is 23.9. The molecule has 260 valence electrons. The minimum atomic E-state index is -0.903. The van der Waals surface area contributed by atoms with Crippen molar-refractivity contribution in [3.05, 3.63) is 12.2 Å². The highest BCUT2D eigenvalue weighted by Gasteiger charge is 2.17. The first kappa shape index (κ1) is 42.7. The number of carboxylic acids is 1. The number of rotatable bonds is 36. The molecule has 2 N–H and O–H groups in total. The molecule has 0 aromatic carbocycles. The number of carboxylic acid groups (broad SMARTS) is 1. The number of hydrogen-bond donors (Lipinski definition) is 2. The van der Waals surface area contributed by atoms with Crippen LogP contribution in [0.25, 0.3) is 0 Å². The summed E-state index contributed by atoms with van der Waals surface area (Å²) in [7, 11) is 0. The molecular weight excluding hydrogens is 542 g/mol. The Morgan fingerprint density at radius 2 is 0.818 bits per heavy atom. The van der Waals surface area contributed by atoms with Crippen LogP contribution in [0.5, 0.6) is 0 Å². The molecule has 0 radical (unpaired) electrons. The van der Waals surface area contributed by atoms with Crippen molar-refractivity contribution in [2.24, 2.45) is 5.92 Å². The van der Waals surface area contributed by atoms with Gasteiger partial charge in [0.1, 0.15) is 0 Å². The molecular formula is C40H77NO3. The number of amides is 1. The molecule has 4 nitrogen and oxygen atoms in total. The highest BCUT2D eigenvalue weighted by Crippen LogP contribution is 2.15. The fourth-order valence-corrected chi connectivity index (χ4v) is 6.13. The Morgan fingerprint density at radius 3 is 1.16 bits per heavy atom. The smallest absolute Gasteiger partial charge is 0.310 e. The van der Waals surface area contributed by atoms with E-state index in [1.807, 2.05) is 6.08 Å². The topological polar surface area (TPSA) is 66.4 Å². The lowest BCUT2D eigenvalue weighted by molar-refractivity contribution is -0.142. The van der Waals surface area contributed by atoms with Crippen LogP contribution in [-0.2, 0) is 9.59 Å². The molecule has 0 aromatic rings. The largest absolute Gasteiger partial charge is 0.481 e. The summed E-state index contributed by atoms with van der Waals surface area (Å²) in [6.07, 6.45) is 44.8. The number of hydrogen-bond acceptors (Lipinski definition) is 2. The van der Waals surface area contributed by atoms with Gasteiger partial charge in [0.15, 0.2) is 0 Å². The first-order valence-electron chi connectivity index (χ1n) is 19.8. The van der Waals surface area contributed by atoms with E-state index in [9.17, 15) is 14.7 Å². The maximum atomic E-state index is 12.3. The standard InChI is InChI=1S/C40H77NO3/c1-3-5-7-9-11-13-15-17-19-21-23-25-27-29-31-33-35-38(40(43)44)37-39(42)41-36-34-32-30-28-26-24-22-20-18-16-14-12-10-8-6-4-2/h33,35,38H,3-32,34,36-37H2,1-2H3,(H,41,42)(H,43,44)/b35-33+. The normalized spacial score (nSPS) is 12.2. The van der Waals surface area contributed by atoms with Gasteiger partial charge in [-0.15, -0.1) is 0 Å². The van der Waals surface area contributed by atoms with Crippen molar-refractivity contribution >= 4 is 11.9 Å². The summed E-state index contributed by atoms with van der Waals surface area (Å²) in [5.74, 6) is -1.76. The first-order valence-corrected chi connectivity index (χ1v) is 19.8. The monoisotopic (exact) mass is 620 g/mol. The Labute approximate surface area is 275 Å². The third-order valence-electron chi connectivity index (χ3n) is 9.17. The Hall–Kier alpha value is -1.32. The summed E-state index contributed by atoms with van der Waals surface area (Å²) in [6.45, 7) is 5.21. The molecule has 0 aliphatic carbocycles. The van der Waals surface area contributed by atoms with Crippen LogP contribution in [0, 0.1) is 5.92 Å². The minimum Gasteiger partial charge on any atom is -0.481 e. The van der Waals surface area contributed by atoms with Crippen molar-refractivity contribution in [2.75, 3.05) is 6.54 Å². The first-order chi connectivity index (χ1) is 21.6. The number of unbranched alkanes of at least 4 members (excludes halogenated alkanes) is 29. The van der Waals surface area contributed by atoms with Gasteiger partial charge in [-0.25, -0.2) is 0 Å². The lowest BCUT2D eigenvalue weighted by Gasteiger charge is -2.09. The molecule has 0 fully saturated rings. The van der Waals surface area contributed by atoms with Gasteiger partial charge >= 0.3 is 5.97 Å². The van der Waals surface area contributed by atoms with Crippen molar-refractivity contribution in [1.29, 1.82) is 0 Å². The Bertz CT molecular complexity index is 632. The van der Waals surface area contributed by atoms with Crippen LogP contribution in [0.3, 0.4) is 0 Å². The highest BCUT2D eigenvalue weighted by molar-refractivity contribution is 5.83. The second-order valence-corrected chi connectivity index (χ2v) is 13.6. The number of allylic oxidation sites excluding steroid dienone is 1. The van der Waals surface area contributed by atoms with Crippen LogP contribution in [0.1, 0.15) is 219 Å². The Morgan fingerprint density at radius 1 is 0.500 bits per heavy atom. The van der Waals surface area contributed by atoms with E-state index in [1.165, 1.54) is 173 Å². The van der Waals surface area contributed by atoms with Crippen LogP contribution in [-0.4, -0.2) is 23.5 Å². The van der Waals surface area contributed by atoms with Gasteiger partial charge in [-0.2, -0.15) is 0 Å². The molecule has 1 atom stereocenters. The fourth-order valence-electron chi connectivity index (χ4n) is 6.13. The molecule has 0 aliphatic heterocycles. The highest BCUT2D eigenvalue weighted by atomic mass is 16.4. The SMILES string of the molecule is CCCCCCCCCCCCCCCC/C=C/C(CC(=O)NCCCCCCCCCCCCCCCCCC)C(=O)O. The van der Waals surface area contributed by atoms with Crippen LogP contribution < -0.4 is 5.32 Å². The Kier molecular flexibility index (Phi) is 35.1. The second kappa shape index (κ2) is 36.2. The van der Waals surface area contributed by atoms with Crippen LogP contribution in [0.2, 0.25) is 0 Å². The summed E-state index contributed by atoms with van der Waals surface area (Å²) in [5.41, 5.74) is 0. The fraction of sp³-hybridized carbons (Fsp3) is 0.900. The average molecular weight is 620 g/mol. The van der Waals surface area contributed by atoms with Crippen molar-refractivity contribution in [3.63, 3.8) is 0 Å². The van der Waals surface area contributed by atoms with Crippen LogP contribution >= 0.6 is 0 Å². The molecule has 0 rings (SSSR count). The van der Waals surface area contributed by atoms with Gasteiger partial charge in [0.25, 0.3) is 0 Å². The Balaban J connectivity index is 3.56. The summed E-state index contributed by atoms with van der Waals surface area (Å²) in [6, 6.07) is 0. The van der Waals surface area contributed by atoms with E-state index in [0.717, 1.165) is 25.7 Å². The molecule has 44 heavy (non-hydrogen) atoms. The molecule has 1 amide bonds. The molecule has 1 unspecified atom stereocenters. The number of carbonyl (C=O) groups excluding carboxylic acids is 1. The van der Waals surface area contributed by atoms with E-state index < -0.39 is 11.9 Å². The maximum absolute atomic E-state index is 12.3. The molecule has 0 saturated heterocycles. The van der Waals surface area contributed by atoms with E-state index in [-0.39, 0.29) is 12.3 Å². The average Bonchev–Trinajstić information content (AvgIpc) is 3.01. The lowest BCUT2D eigenvalue weighted by Crippen LogP contribution is -2.28.